The second-order valence-corrected chi connectivity index (χ2v) is 6.02. The van der Waals surface area contributed by atoms with Crippen molar-refractivity contribution in [3.05, 3.63) is 29.8 Å². The van der Waals surface area contributed by atoms with Crippen molar-refractivity contribution in [2.24, 2.45) is 5.73 Å². The fourth-order valence-corrected chi connectivity index (χ4v) is 2.43. The Morgan fingerprint density at radius 3 is 2.40 bits per heavy atom. The predicted octanol–water partition coefficient (Wildman–Crippen LogP) is -0.0969. The van der Waals surface area contributed by atoms with Gasteiger partial charge in [-0.15, -0.1) is 0 Å². The van der Waals surface area contributed by atoms with Gasteiger partial charge in [0.1, 0.15) is 0 Å². The molecule has 1 aliphatic rings. The molecular formula is C17H24N4O4. The van der Waals surface area contributed by atoms with Crippen LogP contribution in [-0.2, 0) is 14.3 Å². The van der Waals surface area contributed by atoms with E-state index >= 15 is 0 Å². The largest absolute Gasteiger partial charge is 0.378 e. The monoisotopic (exact) mass is 348 g/mol. The van der Waals surface area contributed by atoms with Gasteiger partial charge in [-0.1, -0.05) is 0 Å². The molecule has 0 bridgehead atoms. The summed E-state index contributed by atoms with van der Waals surface area (Å²) in [7, 11) is 1.73. The Morgan fingerprint density at radius 1 is 1.24 bits per heavy atom. The Balaban J connectivity index is 1.87. The van der Waals surface area contributed by atoms with Gasteiger partial charge in [-0.3, -0.25) is 19.3 Å². The zero-order valence-corrected chi connectivity index (χ0v) is 14.5. The van der Waals surface area contributed by atoms with Crippen LogP contribution in [0.2, 0.25) is 0 Å². The van der Waals surface area contributed by atoms with Crippen molar-refractivity contribution >= 4 is 23.4 Å². The zero-order chi connectivity index (χ0) is 18.4. The van der Waals surface area contributed by atoms with Gasteiger partial charge < -0.3 is 20.7 Å². The number of amides is 3. The number of nitrogens with two attached hydrogens (primary N) is 1. The second-order valence-electron chi connectivity index (χ2n) is 6.02. The van der Waals surface area contributed by atoms with Crippen LogP contribution < -0.4 is 11.1 Å². The van der Waals surface area contributed by atoms with Crippen LogP contribution >= 0.6 is 0 Å². The van der Waals surface area contributed by atoms with Crippen LogP contribution in [-0.4, -0.2) is 73.5 Å². The van der Waals surface area contributed by atoms with Gasteiger partial charge in [0.15, 0.2) is 0 Å². The van der Waals surface area contributed by atoms with Gasteiger partial charge in [-0.2, -0.15) is 0 Å². The highest BCUT2D eigenvalue weighted by Crippen LogP contribution is 2.11. The normalized spacial score (nSPS) is 15.7. The van der Waals surface area contributed by atoms with Crippen LogP contribution in [0.15, 0.2) is 24.3 Å². The molecule has 3 N–H and O–H groups in total. The summed E-state index contributed by atoms with van der Waals surface area (Å²) in [4.78, 5) is 39.1. The van der Waals surface area contributed by atoms with E-state index in [0.29, 0.717) is 37.6 Å². The molecule has 1 aromatic carbocycles. The number of ether oxygens (including phenoxy) is 1. The third-order valence-corrected chi connectivity index (χ3v) is 4.23. The first-order valence-electron chi connectivity index (χ1n) is 8.15. The number of carbonyl (C=O) groups is 3. The fraction of sp³-hybridized carbons (Fsp3) is 0.471. The van der Waals surface area contributed by atoms with E-state index < -0.39 is 11.9 Å². The standard InChI is InChI=1S/C17H24N4O4/c1-12(20(2)11-15(22)21-7-9-25-10-8-21)17(24)19-14-5-3-13(4-6-14)16(18)23/h3-6,12H,7-11H2,1-2H3,(H2,18,23)(H,19,24)/t12-/m0/s1. The van der Waals surface area contributed by atoms with Gasteiger partial charge in [0.05, 0.1) is 25.8 Å². The Morgan fingerprint density at radius 2 is 1.84 bits per heavy atom. The van der Waals surface area contributed by atoms with Gasteiger partial charge in [0.25, 0.3) is 0 Å². The number of likely N-dealkylation sites (N-methyl/N-ethyl adjacent to an activating group) is 1. The third kappa shape index (κ3) is 5.27. The van der Waals surface area contributed by atoms with Crippen molar-refractivity contribution in [1.82, 2.24) is 9.80 Å². The molecule has 0 aliphatic carbocycles. The quantitative estimate of drug-likeness (QED) is 0.747. The molecular weight excluding hydrogens is 324 g/mol. The summed E-state index contributed by atoms with van der Waals surface area (Å²) in [5.41, 5.74) is 6.12. The number of anilines is 1. The van der Waals surface area contributed by atoms with Crippen molar-refractivity contribution in [1.29, 1.82) is 0 Å². The van der Waals surface area contributed by atoms with Gasteiger partial charge >= 0.3 is 0 Å². The van der Waals surface area contributed by atoms with E-state index in [1.165, 1.54) is 0 Å². The summed E-state index contributed by atoms with van der Waals surface area (Å²) in [6, 6.07) is 5.84. The van der Waals surface area contributed by atoms with Crippen molar-refractivity contribution in [3.63, 3.8) is 0 Å². The molecule has 0 radical (unpaired) electrons. The van der Waals surface area contributed by atoms with Gasteiger partial charge in [-0.05, 0) is 38.2 Å². The zero-order valence-electron chi connectivity index (χ0n) is 14.5. The molecule has 1 aliphatic heterocycles. The maximum Gasteiger partial charge on any atom is 0.248 e. The summed E-state index contributed by atoms with van der Waals surface area (Å²) in [5.74, 6) is -0.770. The molecule has 0 saturated carbocycles. The van der Waals surface area contributed by atoms with E-state index in [2.05, 4.69) is 5.32 Å². The maximum atomic E-state index is 12.3. The molecule has 3 amide bonds. The number of nitrogens with zero attached hydrogens (tertiary/aromatic N) is 2. The van der Waals surface area contributed by atoms with E-state index in [0.717, 1.165) is 0 Å². The van der Waals surface area contributed by atoms with E-state index in [9.17, 15) is 14.4 Å². The molecule has 136 valence electrons. The lowest BCUT2D eigenvalue weighted by Gasteiger charge is -2.30. The van der Waals surface area contributed by atoms with E-state index in [1.807, 2.05) is 0 Å². The average Bonchev–Trinajstić information content (AvgIpc) is 2.62. The Kier molecular flexibility index (Phi) is 6.49. The summed E-state index contributed by atoms with van der Waals surface area (Å²) < 4.78 is 5.23. The van der Waals surface area contributed by atoms with Crippen LogP contribution in [0.4, 0.5) is 5.69 Å². The first-order chi connectivity index (χ1) is 11.9. The smallest absolute Gasteiger partial charge is 0.248 e. The minimum absolute atomic E-state index is 0.0174. The molecule has 0 unspecified atom stereocenters. The topological polar surface area (TPSA) is 105 Å². The van der Waals surface area contributed by atoms with Crippen LogP contribution in [0, 0.1) is 0 Å². The summed E-state index contributed by atoms with van der Waals surface area (Å²) in [6.45, 7) is 4.16. The number of rotatable bonds is 6. The fourth-order valence-electron chi connectivity index (χ4n) is 2.43. The maximum absolute atomic E-state index is 12.3. The molecule has 1 heterocycles. The lowest BCUT2D eigenvalue weighted by Crippen LogP contribution is -2.48. The summed E-state index contributed by atoms with van der Waals surface area (Å²) in [5, 5.41) is 2.76. The van der Waals surface area contributed by atoms with E-state index in [-0.39, 0.29) is 18.4 Å². The van der Waals surface area contributed by atoms with E-state index in [1.54, 1.807) is 48.0 Å². The molecule has 0 aromatic heterocycles. The number of hydrogen-bond acceptors (Lipinski definition) is 5. The lowest BCUT2D eigenvalue weighted by atomic mass is 10.2. The number of nitrogens with one attached hydrogen (secondary N) is 1. The lowest BCUT2D eigenvalue weighted by molar-refractivity contribution is -0.137. The molecule has 1 atom stereocenters. The molecule has 0 spiro atoms. The Hall–Kier alpha value is -2.45. The Bertz CT molecular complexity index is 626. The number of benzene rings is 1. The molecule has 8 nitrogen and oxygen atoms in total. The molecule has 1 aromatic rings. The van der Waals surface area contributed by atoms with Crippen LogP contribution in [0.5, 0.6) is 0 Å². The first-order valence-corrected chi connectivity index (χ1v) is 8.15. The minimum Gasteiger partial charge on any atom is -0.378 e. The van der Waals surface area contributed by atoms with E-state index in [4.69, 9.17) is 10.5 Å². The third-order valence-electron chi connectivity index (χ3n) is 4.23. The van der Waals surface area contributed by atoms with Gasteiger partial charge in [-0.25, -0.2) is 0 Å². The predicted molar refractivity (Wildman–Crippen MR) is 93.1 cm³/mol. The Labute approximate surface area is 146 Å². The second kappa shape index (κ2) is 8.59. The summed E-state index contributed by atoms with van der Waals surface area (Å²) >= 11 is 0. The number of carbonyl (C=O) groups excluding carboxylic acids is 3. The SMILES string of the molecule is C[C@@H](C(=O)Nc1ccc(C(N)=O)cc1)N(C)CC(=O)N1CCOCC1. The number of morpholine rings is 1. The average molecular weight is 348 g/mol. The van der Waals surface area contributed by atoms with Crippen molar-refractivity contribution in [2.45, 2.75) is 13.0 Å². The van der Waals surface area contributed by atoms with Crippen molar-refractivity contribution in [3.8, 4) is 0 Å². The summed E-state index contributed by atoms with van der Waals surface area (Å²) in [6.07, 6.45) is 0. The van der Waals surface area contributed by atoms with Crippen LogP contribution in [0.25, 0.3) is 0 Å². The van der Waals surface area contributed by atoms with Crippen molar-refractivity contribution < 1.29 is 19.1 Å². The number of primary amides is 1. The molecule has 8 heteroatoms. The highest BCUT2D eigenvalue weighted by molar-refractivity contribution is 5.96. The van der Waals surface area contributed by atoms with Gasteiger partial charge in [0, 0.05) is 24.3 Å². The molecule has 1 saturated heterocycles. The van der Waals surface area contributed by atoms with Crippen LogP contribution in [0.3, 0.4) is 0 Å². The first kappa shape index (κ1) is 18.9. The molecule has 2 rings (SSSR count). The number of hydrogen-bond donors (Lipinski definition) is 2. The van der Waals surface area contributed by atoms with Crippen molar-refractivity contribution in [2.75, 3.05) is 45.2 Å². The minimum atomic E-state index is -0.521. The highest BCUT2D eigenvalue weighted by atomic mass is 16.5. The molecule has 1 fully saturated rings. The van der Waals surface area contributed by atoms with Crippen LogP contribution in [0.1, 0.15) is 17.3 Å². The van der Waals surface area contributed by atoms with Gasteiger partial charge in [0.2, 0.25) is 17.7 Å². The highest BCUT2D eigenvalue weighted by Gasteiger charge is 2.23. The molecule has 25 heavy (non-hydrogen) atoms.